The van der Waals surface area contributed by atoms with Crippen LogP contribution in [0.5, 0.6) is 0 Å². The number of hydrogen-bond acceptors (Lipinski definition) is 7. The van der Waals surface area contributed by atoms with Crippen LogP contribution in [-0.4, -0.2) is 43.5 Å². The molecule has 1 aliphatic heterocycles. The molecule has 130 valence electrons. The molecule has 9 heteroatoms. The van der Waals surface area contributed by atoms with E-state index in [-0.39, 0.29) is 16.7 Å². The van der Waals surface area contributed by atoms with Crippen LogP contribution in [-0.2, 0) is 19.6 Å². The summed E-state index contributed by atoms with van der Waals surface area (Å²) in [7, 11) is -3.63. The zero-order chi connectivity index (χ0) is 17.2. The summed E-state index contributed by atoms with van der Waals surface area (Å²) >= 11 is 1.13. The van der Waals surface area contributed by atoms with Crippen LogP contribution in [0.3, 0.4) is 0 Å². The molecule has 0 unspecified atom stereocenters. The summed E-state index contributed by atoms with van der Waals surface area (Å²) in [6.07, 6.45) is 2.81. The van der Waals surface area contributed by atoms with Gasteiger partial charge in [0.05, 0.1) is 23.6 Å². The minimum absolute atomic E-state index is 0.163. The van der Waals surface area contributed by atoms with Crippen molar-refractivity contribution in [3.05, 3.63) is 24.4 Å². The fraction of sp³-hybridized carbons (Fsp3) is 0.467. The van der Waals surface area contributed by atoms with Crippen molar-refractivity contribution in [1.82, 2.24) is 9.46 Å². The van der Waals surface area contributed by atoms with Crippen molar-refractivity contribution in [2.24, 2.45) is 5.92 Å². The third-order valence-corrected chi connectivity index (χ3v) is 7.29. The molecule has 2 aromatic rings. The number of esters is 1. The maximum atomic E-state index is 12.8. The quantitative estimate of drug-likeness (QED) is 0.751. The van der Waals surface area contributed by atoms with Crippen LogP contribution in [0.2, 0.25) is 0 Å². The lowest BCUT2D eigenvalue weighted by atomic mass is 10.0. The Morgan fingerprint density at radius 1 is 1.46 bits per heavy atom. The maximum Gasteiger partial charge on any atom is 0.310 e. The van der Waals surface area contributed by atoms with Gasteiger partial charge >= 0.3 is 5.97 Å². The number of carbonyl (C=O) groups excluding carboxylic acids is 1. The van der Waals surface area contributed by atoms with Crippen LogP contribution >= 0.6 is 11.3 Å². The molecule has 0 aromatic carbocycles. The number of piperidine rings is 1. The Morgan fingerprint density at radius 2 is 2.29 bits per heavy atom. The van der Waals surface area contributed by atoms with E-state index in [4.69, 9.17) is 9.26 Å². The molecule has 2 aromatic heterocycles. The number of thiophene rings is 1. The second-order valence-electron chi connectivity index (χ2n) is 5.45. The maximum absolute atomic E-state index is 12.8. The predicted octanol–water partition coefficient (Wildman–Crippen LogP) is 2.37. The molecule has 7 nitrogen and oxygen atoms in total. The van der Waals surface area contributed by atoms with E-state index < -0.39 is 15.9 Å². The van der Waals surface area contributed by atoms with Crippen molar-refractivity contribution >= 4 is 27.3 Å². The molecule has 1 atom stereocenters. The first-order valence-corrected chi connectivity index (χ1v) is 9.95. The zero-order valence-corrected chi connectivity index (χ0v) is 14.8. The molecule has 1 aliphatic rings. The molecule has 1 fully saturated rings. The molecule has 24 heavy (non-hydrogen) atoms. The number of carbonyl (C=O) groups is 1. The number of nitrogens with zero attached hydrogens (tertiary/aromatic N) is 2. The summed E-state index contributed by atoms with van der Waals surface area (Å²) in [6.45, 7) is 2.62. The Bertz CT molecular complexity index is 798. The number of aromatic nitrogens is 1. The molecule has 3 rings (SSSR count). The van der Waals surface area contributed by atoms with Crippen molar-refractivity contribution in [1.29, 1.82) is 0 Å². The van der Waals surface area contributed by atoms with Crippen molar-refractivity contribution in [2.45, 2.75) is 24.0 Å². The Balaban J connectivity index is 1.79. The molecule has 0 bridgehead atoms. The van der Waals surface area contributed by atoms with Crippen LogP contribution in [0.25, 0.3) is 10.6 Å². The third-order valence-electron chi connectivity index (χ3n) is 3.86. The third kappa shape index (κ3) is 3.38. The van der Waals surface area contributed by atoms with E-state index in [0.717, 1.165) is 11.3 Å². The second kappa shape index (κ2) is 7.04. The molecule has 0 radical (unpaired) electrons. The number of ether oxygens (including phenoxy) is 1. The summed E-state index contributed by atoms with van der Waals surface area (Å²) in [4.78, 5) is 12.6. The van der Waals surface area contributed by atoms with Gasteiger partial charge in [0.15, 0.2) is 5.76 Å². The Hall–Kier alpha value is -1.71. The largest absolute Gasteiger partial charge is 0.466 e. The molecular weight excluding hydrogens is 352 g/mol. The highest BCUT2D eigenvalue weighted by Crippen LogP contribution is 2.33. The Kier molecular flexibility index (Phi) is 5.02. The van der Waals surface area contributed by atoms with Crippen LogP contribution in [0.4, 0.5) is 0 Å². The Labute approximate surface area is 144 Å². The topological polar surface area (TPSA) is 89.7 Å². The Morgan fingerprint density at radius 3 is 3.00 bits per heavy atom. The normalized spacial score (nSPS) is 19.3. The minimum atomic E-state index is -3.63. The van der Waals surface area contributed by atoms with Gasteiger partial charge in [-0.25, -0.2) is 8.42 Å². The fourth-order valence-corrected chi connectivity index (χ4v) is 5.62. The van der Waals surface area contributed by atoms with Crippen LogP contribution in [0.1, 0.15) is 19.8 Å². The highest BCUT2D eigenvalue weighted by atomic mass is 32.2. The molecule has 0 aliphatic carbocycles. The average molecular weight is 370 g/mol. The van der Waals surface area contributed by atoms with Crippen molar-refractivity contribution in [3.63, 3.8) is 0 Å². The van der Waals surface area contributed by atoms with Crippen molar-refractivity contribution in [3.8, 4) is 10.6 Å². The highest BCUT2D eigenvalue weighted by molar-refractivity contribution is 7.91. The van der Waals surface area contributed by atoms with Gasteiger partial charge in [-0.15, -0.1) is 11.3 Å². The van der Waals surface area contributed by atoms with Gasteiger partial charge in [0, 0.05) is 19.2 Å². The average Bonchev–Trinajstić information content (AvgIpc) is 3.26. The SMILES string of the molecule is CCOC(=O)[C@H]1CCCN(S(=O)(=O)c2ccc(-c3ccno3)s2)C1. The van der Waals surface area contributed by atoms with Crippen molar-refractivity contribution < 1.29 is 22.5 Å². The lowest BCUT2D eigenvalue weighted by Crippen LogP contribution is -2.42. The fourth-order valence-electron chi connectivity index (χ4n) is 2.67. The molecule has 1 saturated heterocycles. The van der Waals surface area contributed by atoms with Gasteiger partial charge in [0.1, 0.15) is 4.21 Å². The van der Waals surface area contributed by atoms with E-state index in [0.29, 0.717) is 36.6 Å². The van der Waals surface area contributed by atoms with Gasteiger partial charge in [-0.05, 0) is 31.9 Å². The lowest BCUT2D eigenvalue weighted by molar-refractivity contribution is -0.149. The summed E-state index contributed by atoms with van der Waals surface area (Å²) < 4.78 is 37.4. The van der Waals surface area contributed by atoms with E-state index >= 15 is 0 Å². The van der Waals surface area contributed by atoms with Gasteiger partial charge in [0.2, 0.25) is 0 Å². The number of rotatable bonds is 5. The smallest absolute Gasteiger partial charge is 0.310 e. The first kappa shape index (κ1) is 17.1. The highest BCUT2D eigenvalue weighted by Gasteiger charge is 2.34. The van der Waals surface area contributed by atoms with Gasteiger partial charge < -0.3 is 9.26 Å². The summed E-state index contributed by atoms with van der Waals surface area (Å²) in [5, 5.41) is 3.63. The van der Waals surface area contributed by atoms with Crippen LogP contribution in [0.15, 0.2) is 33.1 Å². The van der Waals surface area contributed by atoms with Gasteiger partial charge in [-0.1, -0.05) is 5.16 Å². The molecule has 3 heterocycles. The minimum Gasteiger partial charge on any atom is -0.466 e. The van der Waals surface area contributed by atoms with Crippen molar-refractivity contribution in [2.75, 3.05) is 19.7 Å². The van der Waals surface area contributed by atoms with E-state index in [9.17, 15) is 13.2 Å². The molecule has 0 spiro atoms. The predicted molar refractivity (Wildman–Crippen MR) is 87.9 cm³/mol. The standard InChI is InChI=1S/C15H18N2O5S2/c1-2-21-15(18)11-4-3-9-17(10-11)24(19,20)14-6-5-13(23-14)12-7-8-16-22-12/h5-8,11H,2-4,9-10H2,1H3/t11-/m0/s1. The van der Waals surface area contributed by atoms with Crippen LogP contribution in [0, 0.1) is 5.92 Å². The summed E-state index contributed by atoms with van der Waals surface area (Å²) in [5.74, 6) is -0.197. The molecule has 0 amide bonds. The molecular formula is C15H18N2O5S2. The first-order chi connectivity index (χ1) is 11.5. The molecule has 0 N–H and O–H groups in total. The summed E-state index contributed by atoms with van der Waals surface area (Å²) in [5.41, 5.74) is 0. The van der Waals surface area contributed by atoms with E-state index in [2.05, 4.69) is 5.16 Å². The van der Waals surface area contributed by atoms with E-state index in [1.807, 2.05) is 0 Å². The second-order valence-corrected chi connectivity index (χ2v) is 8.70. The van der Waals surface area contributed by atoms with Gasteiger partial charge in [-0.2, -0.15) is 4.31 Å². The summed E-state index contributed by atoms with van der Waals surface area (Å²) in [6, 6.07) is 4.94. The zero-order valence-electron chi connectivity index (χ0n) is 13.2. The van der Waals surface area contributed by atoms with Crippen LogP contribution < -0.4 is 0 Å². The monoisotopic (exact) mass is 370 g/mol. The van der Waals surface area contributed by atoms with E-state index in [1.54, 1.807) is 25.1 Å². The van der Waals surface area contributed by atoms with Gasteiger partial charge in [0.25, 0.3) is 10.0 Å². The van der Waals surface area contributed by atoms with E-state index in [1.165, 1.54) is 10.5 Å². The molecule has 0 saturated carbocycles. The first-order valence-electron chi connectivity index (χ1n) is 7.70. The lowest BCUT2D eigenvalue weighted by Gasteiger charge is -2.30. The number of hydrogen-bond donors (Lipinski definition) is 0. The number of sulfonamides is 1. The van der Waals surface area contributed by atoms with Gasteiger partial charge in [-0.3, -0.25) is 4.79 Å².